The quantitative estimate of drug-likeness (QED) is 0.554. The van der Waals surface area contributed by atoms with Gasteiger partial charge in [0.2, 0.25) is 0 Å². The molecule has 0 spiro atoms. The highest BCUT2D eigenvalue weighted by Crippen LogP contribution is 2.30. The van der Waals surface area contributed by atoms with E-state index in [1.165, 1.54) is 0 Å². The van der Waals surface area contributed by atoms with Crippen molar-refractivity contribution in [3.63, 3.8) is 0 Å². The zero-order valence-corrected chi connectivity index (χ0v) is 12.9. The van der Waals surface area contributed by atoms with Gasteiger partial charge in [-0.25, -0.2) is 0 Å². The molecular formula is C18H20O4. The fourth-order valence-electron chi connectivity index (χ4n) is 2.21. The van der Waals surface area contributed by atoms with Gasteiger partial charge in [0.15, 0.2) is 11.5 Å². The Morgan fingerprint density at radius 1 is 1.00 bits per heavy atom. The van der Waals surface area contributed by atoms with Crippen LogP contribution in [-0.4, -0.2) is 27.1 Å². The van der Waals surface area contributed by atoms with Gasteiger partial charge in [0, 0.05) is 5.56 Å². The molecule has 4 nitrogen and oxygen atoms in total. The number of hydrogen-bond donors (Lipinski definition) is 0. The van der Waals surface area contributed by atoms with Gasteiger partial charge in [0.05, 0.1) is 27.4 Å². The van der Waals surface area contributed by atoms with Gasteiger partial charge in [-0.3, -0.25) is 4.79 Å². The lowest BCUT2D eigenvalue weighted by molar-refractivity contribution is 0.111. The molecule has 0 saturated heterocycles. The topological polar surface area (TPSA) is 44.8 Å². The number of hydrogen-bond acceptors (Lipinski definition) is 4. The van der Waals surface area contributed by atoms with Crippen LogP contribution in [-0.2, 0) is 17.8 Å². The summed E-state index contributed by atoms with van der Waals surface area (Å²) in [7, 11) is 3.13. The van der Waals surface area contributed by atoms with E-state index < -0.39 is 0 Å². The molecule has 0 aliphatic heterocycles. The third-order valence-corrected chi connectivity index (χ3v) is 3.40. The summed E-state index contributed by atoms with van der Waals surface area (Å²) in [6.45, 7) is 1.09. The minimum atomic E-state index is 0.533. The van der Waals surface area contributed by atoms with Crippen LogP contribution in [0.1, 0.15) is 21.5 Å². The lowest BCUT2D eigenvalue weighted by Gasteiger charge is -2.12. The van der Waals surface area contributed by atoms with Crippen molar-refractivity contribution in [2.75, 3.05) is 20.8 Å². The van der Waals surface area contributed by atoms with Crippen LogP contribution in [0.2, 0.25) is 0 Å². The smallest absolute Gasteiger partial charge is 0.161 e. The minimum absolute atomic E-state index is 0.533. The summed E-state index contributed by atoms with van der Waals surface area (Å²) in [6.07, 6.45) is 1.47. The van der Waals surface area contributed by atoms with E-state index in [4.69, 9.17) is 14.2 Å². The van der Waals surface area contributed by atoms with Crippen molar-refractivity contribution < 1.29 is 19.0 Å². The van der Waals surface area contributed by atoms with E-state index in [0.29, 0.717) is 36.7 Å². The zero-order valence-electron chi connectivity index (χ0n) is 12.9. The van der Waals surface area contributed by atoms with E-state index in [2.05, 4.69) is 0 Å². The van der Waals surface area contributed by atoms with Crippen LogP contribution in [0, 0.1) is 0 Å². The molecule has 0 amide bonds. The Morgan fingerprint density at radius 3 is 2.32 bits per heavy atom. The summed E-state index contributed by atoms with van der Waals surface area (Å²) in [5, 5.41) is 0. The maximum absolute atomic E-state index is 11.2. The average Bonchev–Trinajstić information content (AvgIpc) is 2.58. The first-order chi connectivity index (χ1) is 10.8. The molecule has 2 aromatic rings. The van der Waals surface area contributed by atoms with Crippen LogP contribution in [0.25, 0.3) is 0 Å². The maximum atomic E-state index is 11.2. The number of methoxy groups -OCH3 is 2. The average molecular weight is 300 g/mol. The second-order valence-corrected chi connectivity index (χ2v) is 4.81. The summed E-state index contributed by atoms with van der Waals surface area (Å²) in [5.74, 6) is 1.17. The first kappa shape index (κ1) is 16.0. The van der Waals surface area contributed by atoms with Crippen molar-refractivity contribution in [3.05, 3.63) is 59.2 Å². The fraction of sp³-hybridized carbons (Fsp3) is 0.278. The van der Waals surface area contributed by atoms with Crippen LogP contribution in [0.5, 0.6) is 11.5 Å². The molecule has 0 atom stereocenters. The van der Waals surface area contributed by atoms with Crippen LogP contribution in [0.4, 0.5) is 0 Å². The molecule has 0 heterocycles. The zero-order chi connectivity index (χ0) is 15.8. The monoisotopic (exact) mass is 300 g/mol. The summed E-state index contributed by atoms with van der Waals surface area (Å²) >= 11 is 0. The second kappa shape index (κ2) is 8.20. The molecule has 22 heavy (non-hydrogen) atoms. The van der Waals surface area contributed by atoms with Crippen LogP contribution in [0.3, 0.4) is 0 Å². The van der Waals surface area contributed by atoms with E-state index in [1.54, 1.807) is 20.3 Å². The molecule has 0 N–H and O–H groups in total. The maximum Gasteiger partial charge on any atom is 0.161 e. The molecular weight excluding hydrogens is 280 g/mol. The molecule has 116 valence electrons. The standard InChI is InChI=1S/C18H20O4/c1-20-17-10-15(16(12-19)11-18(17)21-2)8-9-22-13-14-6-4-3-5-7-14/h3-7,10-12H,8-9,13H2,1-2H3. The van der Waals surface area contributed by atoms with E-state index in [-0.39, 0.29) is 0 Å². The van der Waals surface area contributed by atoms with Gasteiger partial charge in [-0.05, 0) is 29.7 Å². The number of rotatable bonds is 8. The SMILES string of the molecule is COc1cc(C=O)c(CCOCc2ccccc2)cc1OC. The number of carbonyl (C=O) groups is 1. The number of carbonyl (C=O) groups excluding carboxylic acids is 1. The third-order valence-electron chi connectivity index (χ3n) is 3.40. The molecule has 0 aromatic heterocycles. The molecule has 2 aromatic carbocycles. The summed E-state index contributed by atoms with van der Waals surface area (Å²) < 4.78 is 16.1. The van der Waals surface area contributed by atoms with E-state index in [1.807, 2.05) is 36.4 Å². The summed E-state index contributed by atoms with van der Waals surface area (Å²) in [6, 6.07) is 13.5. The number of ether oxygens (including phenoxy) is 3. The first-order valence-electron chi connectivity index (χ1n) is 7.10. The molecule has 0 aliphatic rings. The third kappa shape index (κ3) is 4.09. The van der Waals surface area contributed by atoms with Crippen molar-refractivity contribution in [2.45, 2.75) is 13.0 Å². The summed E-state index contributed by atoms with van der Waals surface area (Å²) in [5.41, 5.74) is 2.62. The molecule has 0 fully saturated rings. The largest absolute Gasteiger partial charge is 0.493 e. The van der Waals surface area contributed by atoms with Crippen molar-refractivity contribution in [1.29, 1.82) is 0 Å². The Balaban J connectivity index is 1.98. The van der Waals surface area contributed by atoms with Crippen molar-refractivity contribution in [1.82, 2.24) is 0 Å². The number of benzene rings is 2. The molecule has 0 saturated carbocycles. The Morgan fingerprint density at radius 2 is 1.68 bits per heavy atom. The summed E-state index contributed by atoms with van der Waals surface area (Å²) in [4.78, 5) is 11.2. The number of aldehydes is 1. The lowest BCUT2D eigenvalue weighted by Crippen LogP contribution is -2.03. The fourth-order valence-corrected chi connectivity index (χ4v) is 2.21. The van der Waals surface area contributed by atoms with Gasteiger partial charge >= 0.3 is 0 Å². The van der Waals surface area contributed by atoms with Crippen LogP contribution >= 0.6 is 0 Å². The van der Waals surface area contributed by atoms with Crippen molar-refractivity contribution in [3.8, 4) is 11.5 Å². The van der Waals surface area contributed by atoms with Gasteiger partial charge in [0.1, 0.15) is 6.29 Å². The van der Waals surface area contributed by atoms with Gasteiger partial charge in [-0.2, -0.15) is 0 Å². The van der Waals surface area contributed by atoms with Crippen molar-refractivity contribution in [2.24, 2.45) is 0 Å². The molecule has 4 heteroatoms. The highest BCUT2D eigenvalue weighted by Gasteiger charge is 2.10. The Bertz CT molecular complexity index is 608. The van der Waals surface area contributed by atoms with Crippen molar-refractivity contribution >= 4 is 6.29 Å². The van der Waals surface area contributed by atoms with Gasteiger partial charge in [0.25, 0.3) is 0 Å². The van der Waals surface area contributed by atoms with Gasteiger partial charge in [-0.1, -0.05) is 30.3 Å². The Hall–Kier alpha value is -2.33. The lowest BCUT2D eigenvalue weighted by atomic mass is 10.0. The minimum Gasteiger partial charge on any atom is -0.493 e. The van der Waals surface area contributed by atoms with Crippen LogP contribution in [0.15, 0.2) is 42.5 Å². The van der Waals surface area contributed by atoms with Gasteiger partial charge in [-0.15, -0.1) is 0 Å². The molecule has 0 aliphatic carbocycles. The predicted octanol–water partition coefficient (Wildman–Crippen LogP) is 3.28. The normalized spacial score (nSPS) is 10.3. The van der Waals surface area contributed by atoms with E-state index in [9.17, 15) is 4.79 Å². The van der Waals surface area contributed by atoms with E-state index >= 15 is 0 Å². The highest BCUT2D eigenvalue weighted by molar-refractivity contribution is 5.79. The first-order valence-corrected chi connectivity index (χ1v) is 7.10. The van der Waals surface area contributed by atoms with Gasteiger partial charge < -0.3 is 14.2 Å². The predicted molar refractivity (Wildman–Crippen MR) is 84.7 cm³/mol. The Labute approximate surface area is 130 Å². The highest BCUT2D eigenvalue weighted by atomic mass is 16.5. The van der Waals surface area contributed by atoms with Crippen LogP contribution < -0.4 is 9.47 Å². The second-order valence-electron chi connectivity index (χ2n) is 4.81. The molecule has 0 radical (unpaired) electrons. The Kier molecular flexibility index (Phi) is 5.98. The molecule has 0 unspecified atom stereocenters. The molecule has 0 bridgehead atoms. The molecule has 2 rings (SSSR count). The van der Waals surface area contributed by atoms with E-state index in [0.717, 1.165) is 17.4 Å².